The molecule has 1 amide bonds. The highest BCUT2D eigenvalue weighted by Gasteiger charge is 2.27. The Morgan fingerprint density at radius 1 is 1.14 bits per heavy atom. The van der Waals surface area contributed by atoms with Gasteiger partial charge in [-0.25, -0.2) is 4.79 Å². The molecule has 0 saturated heterocycles. The highest BCUT2D eigenvalue weighted by atomic mass is 32.1. The number of ether oxygens (including phenoxy) is 2. The van der Waals surface area contributed by atoms with Crippen molar-refractivity contribution in [3.8, 4) is 5.75 Å². The second-order valence-electron chi connectivity index (χ2n) is 8.22. The van der Waals surface area contributed by atoms with Gasteiger partial charge in [-0.3, -0.25) is 4.79 Å². The van der Waals surface area contributed by atoms with Crippen LogP contribution in [0.15, 0.2) is 24.3 Å². The van der Waals surface area contributed by atoms with Crippen molar-refractivity contribution in [3.05, 3.63) is 45.8 Å². The van der Waals surface area contributed by atoms with Crippen LogP contribution in [-0.2, 0) is 27.8 Å². The van der Waals surface area contributed by atoms with E-state index < -0.39 is 0 Å². The third-order valence-corrected chi connectivity index (χ3v) is 6.16. The predicted octanol–water partition coefficient (Wildman–Crippen LogP) is 5.12. The number of nitrogens with one attached hydrogen (secondary N) is 1. The number of hydrogen-bond acceptors (Lipinski definition) is 5. The minimum absolute atomic E-state index is 0.0864. The van der Waals surface area contributed by atoms with Gasteiger partial charge in [0.25, 0.3) is 5.91 Å². The van der Waals surface area contributed by atoms with Crippen LogP contribution in [0.5, 0.6) is 5.75 Å². The summed E-state index contributed by atoms with van der Waals surface area (Å²) in [4.78, 5) is 26.3. The number of carbonyl (C=O) groups excluding carboxylic acids is 2. The second-order valence-corrected chi connectivity index (χ2v) is 9.32. The Bertz CT molecular complexity index is 895. The molecule has 2 aromatic rings. The molecule has 0 radical (unpaired) electrons. The number of carbonyl (C=O) groups is 2. The van der Waals surface area contributed by atoms with Crippen molar-refractivity contribution in [2.45, 2.75) is 58.8 Å². The molecule has 156 valence electrons. The zero-order valence-corrected chi connectivity index (χ0v) is 18.4. The van der Waals surface area contributed by atoms with E-state index in [1.807, 2.05) is 24.3 Å². The third kappa shape index (κ3) is 4.99. The minimum atomic E-state index is -0.360. The van der Waals surface area contributed by atoms with Crippen LogP contribution < -0.4 is 10.1 Å². The van der Waals surface area contributed by atoms with Gasteiger partial charge in [-0.05, 0) is 55.2 Å². The summed E-state index contributed by atoms with van der Waals surface area (Å²) in [5.41, 5.74) is 2.52. The van der Waals surface area contributed by atoms with Crippen molar-refractivity contribution in [1.82, 2.24) is 0 Å². The number of anilines is 1. The molecule has 0 bridgehead atoms. The van der Waals surface area contributed by atoms with Gasteiger partial charge in [-0.2, -0.15) is 0 Å². The van der Waals surface area contributed by atoms with Gasteiger partial charge in [0.15, 0.2) is 6.61 Å². The van der Waals surface area contributed by atoms with E-state index in [-0.39, 0.29) is 23.9 Å². The number of thiophene rings is 1. The smallest absolute Gasteiger partial charge is 0.341 e. The van der Waals surface area contributed by atoms with E-state index in [2.05, 4.69) is 26.1 Å². The summed E-state index contributed by atoms with van der Waals surface area (Å²) in [6.07, 6.45) is 3.95. The summed E-state index contributed by atoms with van der Waals surface area (Å²) in [5.74, 6) is 0.0605. The average Bonchev–Trinajstić information content (AvgIpc) is 3.04. The largest absolute Gasteiger partial charge is 0.483 e. The zero-order valence-electron chi connectivity index (χ0n) is 17.6. The first-order valence-corrected chi connectivity index (χ1v) is 11.0. The highest BCUT2D eigenvalue weighted by Crippen LogP contribution is 2.38. The molecule has 0 saturated carbocycles. The van der Waals surface area contributed by atoms with E-state index in [9.17, 15) is 9.59 Å². The fraction of sp³-hybridized carbons (Fsp3) is 0.478. The first-order chi connectivity index (χ1) is 13.8. The van der Waals surface area contributed by atoms with Gasteiger partial charge in [-0.15, -0.1) is 11.3 Å². The second kappa shape index (κ2) is 8.99. The number of rotatable bonds is 6. The maximum Gasteiger partial charge on any atom is 0.341 e. The fourth-order valence-electron chi connectivity index (χ4n) is 3.59. The average molecular weight is 416 g/mol. The van der Waals surface area contributed by atoms with Gasteiger partial charge >= 0.3 is 5.97 Å². The molecule has 1 aromatic heterocycles. The van der Waals surface area contributed by atoms with E-state index in [4.69, 9.17) is 9.47 Å². The summed E-state index contributed by atoms with van der Waals surface area (Å²) in [6, 6.07) is 7.76. The number of fused-ring (bicyclic) bond motifs is 1. The lowest BCUT2D eigenvalue weighted by molar-refractivity contribution is -0.118. The van der Waals surface area contributed by atoms with Crippen molar-refractivity contribution in [2.24, 2.45) is 0 Å². The molecular formula is C23H29NO4S. The minimum Gasteiger partial charge on any atom is -0.483 e. The van der Waals surface area contributed by atoms with Crippen LogP contribution in [0.4, 0.5) is 5.00 Å². The molecule has 0 atom stereocenters. The van der Waals surface area contributed by atoms with Gasteiger partial charge in [0.2, 0.25) is 0 Å². The van der Waals surface area contributed by atoms with Gasteiger partial charge in [0.1, 0.15) is 10.8 Å². The molecular weight excluding hydrogens is 386 g/mol. The van der Waals surface area contributed by atoms with E-state index in [1.54, 1.807) is 6.92 Å². The van der Waals surface area contributed by atoms with Crippen LogP contribution in [0.3, 0.4) is 0 Å². The Morgan fingerprint density at radius 2 is 1.86 bits per heavy atom. The van der Waals surface area contributed by atoms with Crippen molar-refractivity contribution in [3.63, 3.8) is 0 Å². The van der Waals surface area contributed by atoms with Crippen LogP contribution in [0.2, 0.25) is 0 Å². The topological polar surface area (TPSA) is 64.6 Å². The van der Waals surface area contributed by atoms with Gasteiger partial charge in [0.05, 0.1) is 12.2 Å². The van der Waals surface area contributed by atoms with Crippen LogP contribution >= 0.6 is 11.3 Å². The number of hydrogen-bond donors (Lipinski definition) is 1. The number of para-hydroxylation sites is 1. The summed E-state index contributed by atoms with van der Waals surface area (Å²) in [7, 11) is 0. The molecule has 29 heavy (non-hydrogen) atoms. The number of esters is 1. The van der Waals surface area contributed by atoms with Crippen LogP contribution in [0.25, 0.3) is 0 Å². The fourth-order valence-corrected chi connectivity index (χ4v) is 4.88. The van der Waals surface area contributed by atoms with Gasteiger partial charge < -0.3 is 14.8 Å². The van der Waals surface area contributed by atoms with Crippen molar-refractivity contribution in [1.29, 1.82) is 0 Å². The van der Waals surface area contributed by atoms with Crippen LogP contribution in [-0.4, -0.2) is 25.1 Å². The zero-order chi connectivity index (χ0) is 21.0. The lowest BCUT2D eigenvalue weighted by Crippen LogP contribution is -2.22. The SMILES string of the molecule is CCOC(=O)c1c(NC(=O)COc2ccccc2C(C)(C)C)sc2c1CCCC2. The van der Waals surface area contributed by atoms with Crippen molar-refractivity contribution >= 4 is 28.2 Å². The molecule has 0 unspecified atom stereocenters. The summed E-state index contributed by atoms with van der Waals surface area (Å²) < 4.78 is 11.1. The molecule has 1 aliphatic rings. The van der Waals surface area contributed by atoms with Crippen LogP contribution in [0, 0.1) is 0 Å². The Morgan fingerprint density at radius 3 is 2.59 bits per heavy atom. The molecule has 3 rings (SSSR count). The highest BCUT2D eigenvalue weighted by molar-refractivity contribution is 7.17. The molecule has 0 fully saturated rings. The predicted molar refractivity (Wildman–Crippen MR) is 116 cm³/mol. The van der Waals surface area contributed by atoms with Gasteiger partial charge in [0, 0.05) is 4.88 Å². The molecule has 0 aliphatic heterocycles. The molecule has 5 nitrogen and oxygen atoms in total. The number of benzene rings is 1. The van der Waals surface area contributed by atoms with E-state index >= 15 is 0 Å². The molecule has 6 heteroatoms. The summed E-state index contributed by atoms with van der Waals surface area (Å²) in [5, 5.41) is 3.47. The quantitative estimate of drug-likeness (QED) is 0.665. The van der Waals surface area contributed by atoms with E-state index in [0.717, 1.165) is 36.8 Å². The summed E-state index contributed by atoms with van der Waals surface area (Å²) in [6.45, 7) is 8.31. The molecule has 1 heterocycles. The summed E-state index contributed by atoms with van der Waals surface area (Å²) >= 11 is 1.49. The van der Waals surface area contributed by atoms with E-state index in [1.165, 1.54) is 16.2 Å². The lowest BCUT2D eigenvalue weighted by Gasteiger charge is -2.22. The Labute approximate surface area is 176 Å². The van der Waals surface area contributed by atoms with Crippen molar-refractivity contribution < 1.29 is 19.1 Å². The third-order valence-electron chi connectivity index (χ3n) is 4.96. The monoisotopic (exact) mass is 415 g/mol. The first kappa shape index (κ1) is 21.4. The standard InChI is InChI=1S/C23H29NO4S/c1-5-27-22(26)20-15-10-6-9-13-18(15)29-21(20)24-19(25)14-28-17-12-8-7-11-16(17)23(2,3)4/h7-8,11-12H,5-6,9-10,13-14H2,1-4H3,(H,24,25). The Hall–Kier alpha value is -2.34. The first-order valence-electron chi connectivity index (χ1n) is 10.1. The Kier molecular flexibility index (Phi) is 6.63. The molecule has 1 aliphatic carbocycles. The maximum absolute atomic E-state index is 12.6. The lowest BCUT2D eigenvalue weighted by atomic mass is 9.86. The van der Waals surface area contributed by atoms with E-state index in [0.29, 0.717) is 22.9 Å². The van der Waals surface area contributed by atoms with Gasteiger partial charge in [-0.1, -0.05) is 39.0 Å². The Balaban J connectivity index is 1.75. The molecule has 1 N–H and O–H groups in total. The maximum atomic E-state index is 12.6. The normalized spacial score (nSPS) is 13.5. The van der Waals surface area contributed by atoms with Crippen molar-refractivity contribution in [2.75, 3.05) is 18.5 Å². The number of amides is 1. The van der Waals surface area contributed by atoms with Crippen LogP contribution in [0.1, 0.15) is 66.9 Å². The molecule has 1 aromatic carbocycles. The molecule has 0 spiro atoms. The number of aryl methyl sites for hydroxylation is 1.